The third-order valence-electron chi connectivity index (χ3n) is 4.63. The summed E-state index contributed by atoms with van der Waals surface area (Å²) in [6, 6.07) is 23.4. The Hall–Kier alpha value is -3.44. The van der Waals surface area contributed by atoms with Crippen LogP contribution in [0.3, 0.4) is 0 Å². The number of aromatic nitrogens is 2. The number of anilines is 1. The van der Waals surface area contributed by atoms with Crippen molar-refractivity contribution < 1.29 is 9.53 Å². The number of ether oxygens (including phenoxy) is 1. The van der Waals surface area contributed by atoms with Gasteiger partial charge in [0, 0.05) is 24.9 Å². The first-order valence-electron chi connectivity index (χ1n) is 9.11. The number of nitrogens with zero attached hydrogens (tertiary/aromatic N) is 2. The average Bonchev–Trinajstić information content (AvgIpc) is 3.12. The zero-order valence-electron chi connectivity index (χ0n) is 15.6. The molecule has 0 aliphatic heterocycles. The van der Waals surface area contributed by atoms with Crippen LogP contribution in [0.1, 0.15) is 21.5 Å². The summed E-state index contributed by atoms with van der Waals surface area (Å²) in [6.45, 7) is 1.09. The highest BCUT2D eigenvalue weighted by Crippen LogP contribution is 2.18. The molecule has 0 spiro atoms. The van der Waals surface area contributed by atoms with Gasteiger partial charge in [-0.3, -0.25) is 4.79 Å². The van der Waals surface area contributed by atoms with Gasteiger partial charge in [0.1, 0.15) is 0 Å². The Labute approximate surface area is 163 Å². The van der Waals surface area contributed by atoms with E-state index in [1.54, 1.807) is 7.11 Å². The Morgan fingerprint density at radius 3 is 2.75 bits per heavy atom. The number of methoxy groups -OCH3 is 1. The second kappa shape index (κ2) is 8.06. The molecule has 0 unspecified atom stereocenters. The number of carbonyl (C=O) groups excluding carboxylic acids is 1. The molecule has 140 valence electrons. The summed E-state index contributed by atoms with van der Waals surface area (Å²) < 4.78 is 7.29. The maximum atomic E-state index is 12.7. The first kappa shape index (κ1) is 17.9. The van der Waals surface area contributed by atoms with Crippen LogP contribution in [-0.2, 0) is 17.9 Å². The molecule has 0 radical (unpaired) electrons. The maximum Gasteiger partial charge on any atom is 0.256 e. The van der Waals surface area contributed by atoms with Gasteiger partial charge in [-0.2, -0.15) is 0 Å². The van der Waals surface area contributed by atoms with E-state index in [4.69, 9.17) is 4.74 Å². The van der Waals surface area contributed by atoms with E-state index in [1.165, 1.54) is 0 Å². The molecule has 4 rings (SSSR count). The topological polar surface area (TPSA) is 56.1 Å². The van der Waals surface area contributed by atoms with Crippen molar-refractivity contribution in [1.82, 2.24) is 9.55 Å². The molecule has 5 heteroatoms. The van der Waals surface area contributed by atoms with E-state index in [9.17, 15) is 4.79 Å². The average molecular weight is 371 g/mol. The summed E-state index contributed by atoms with van der Waals surface area (Å²) in [4.78, 5) is 17.2. The van der Waals surface area contributed by atoms with Crippen LogP contribution in [0.15, 0.2) is 79.1 Å². The van der Waals surface area contributed by atoms with Crippen LogP contribution in [-0.4, -0.2) is 22.6 Å². The van der Waals surface area contributed by atoms with Crippen LogP contribution in [0.4, 0.5) is 5.69 Å². The van der Waals surface area contributed by atoms with Gasteiger partial charge in [-0.1, -0.05) is 42.5 Å². The lowest BCUT2D eigenvalue weighted by atomic mass is 10.1. The molecule has 0 bridgehead atoms. The van der Waals surface area contributed by atoms with Gasteiger partial charge < -0.3 is 14.6 Å². The fraction of sp³-hybridized carbons (Fsp3) is 0.130. The number of fused-ring (bicyclic) bond motifs is 1. The standard InChI is InChI=1S/C23H21N3O2/c1-28-15-18-8-2-3-10-20(18)23(27)25-19-9-6-7-17(13-19)14-26-16-24-21-11-4-5-12-22(21)26/h2-13,16H,14-15H2,1H3,(H,25,27). The van der Waals surface area contributed by atoms with Crippen LogP contribution >= 0.6 is 0 Å². The molecule has 0 atom stereocenters. The monoisotopic (exact) mass is 371 g/mol. The Morgan fingerprint density at radius 2 is 1.86 bits per heavy atom. The lowest BCUT2D eigenvalue weighted by Gasteiger charge is -2.11. The number of rotatable bonds is 6. The Bertz CT molecular complexity index is 1120. The molecule has 1 N–H and O–H groups in total. The smallest absolute Gasteiger partial charge is 0.256 e. The zero-order chi connectivity index (χ0) is 19.3. The van der Waals surface area contributed by atoms with E-state index in [0.29, 0.717) is 18.7 Å². The van der Waals surface area contributed by atoms with Crippen molar-refractivity contribution in [3.8, 4) is 0 Å². The molecule has 3 aromatic carbocycles. The van der Waals surface area contributed by atoms with E-state index in [2.05, 4.69) is 20.9 Å². The van der Waals surface area contributed by atoms with Crippen molar-refractivity contribution in [3.05, 3.63) is 95.8 Å². The van der Waals surface area contributed by atoms with Crippen molar-refractivity contribution in [2.24, 2.45) is 0 Å². The molecule has 0 saturated carbocycles. The predicted octanol–water partition coefficient (Wildman–Crippen LogP) is 4.48. The van der Waals surface area contributed by atoms with Gasteiger partial charge in [-0.05, 0) is 41.5 Å². The van der Waals surface area contributed by atoms with Gasteiger partial charge in [-0.15, -0.1) is 0 Å². The minimum absolute atomic E-state index is 0.141. The van der Waals surface area contributed by atoms with Gasteiger partial charge in [-0.25, -0.2) is 4.98 Å². The van der Waals surface area contributed by atoms with Crippen molar-refractivity contribution in [3.63, 3.8) is 0 Å². The van der Waals surface area contributed by atoms with Crippen LogP contribution < -0.4 is 5.32 Å². The predicted molar refractivity (Wildman–Crippen MR) is 110 cm³/mol. The molecule has 1 heterocycles. The highest BCUT2D eigenvalue weighted by molar-refractivity contribution is 6.05. The fourth-order valence-corrected chi connectivity index (χ4v) is 3.30. The summed E-state index contributed by atoms with van der Waals surface area (Å²) in [5.74, 6) is -0.141. The lowest BCUT2D eigenvalue weighted by Crippen LogP contribution is -2.14. The SMILES string of the molecule is COCc1ccccc1C(=O)Nc1cccc(Cn2cnc3ccccc32)c1. The first-order valence-corrected chi connectivity index (χ1v) is 9.11. The van der Waals surface area contributed by atoms with Gasteiger partial charge in [0.15, 0.2) is 0 Å². The first-order chi connectivity index (χ1) is 13.7. The summed E-state index contributed by atoms with van der Waals surface area (Å²) in [7, 11) is 1.62. The van der Waals surface area contributed by atoms with E-state index in [1.807, 2.05) is 73.1 Å². The molecule has 28 heavy (non-hydrogen) atoms. The third kappa shape index (κ3) is 3.80. The number of nitrogens with one attached hydrogen (secondary N) is 1. The fourth-order valence-electron chi connectivity index (χ4n) is 3.30. The highest BCUT2D eigenvalue weighted by Gasteiger charge is 2.11. The Balaban J connectivity index is 1.53. The number of imidazole rings is 1. The molecular formula is C23H21N3O2. The van der Waals surface area contributed by atoms with Gasteiger partial charge in [0.25, 0.3) is 5.91 Å². The molecule has 0 saturated heterocycles. The van der Waals surface area contributed by atoms with Gasteiger partial charge in [0.05, 0.1) is 24.0 Å². The normalized spacial score (nSPS) is 10.9. The van der Waals surface area contributed by atoms with Crippen LogP contribution in [0.25, 0.3) is 11.0 Å². The van der Waals surface area contributed by atoms with E-state index in [0.717, 1.165) is 27.8 Å². The summed E-state index contributed by atoms with van der Waals surface area (Å²) in [5.41, 5.74) is 5.40. The van der Waals surface area contributed by atoms with Gasteiger partial charge in [0.2, 0.25) is 0 Å². The van der Waals surface area contributed by atoms with Gasteiger partial charge >= 0.3 is 0 Å². The molecule has 1 amide bonds. The minimum atomic E-state index is -0.141. The lowest BCUT2D eigenvalue weighted by molar-refractivity contribution is 0.102. The highest BCUT2D eigenvalue weighted by atomic mass is 16.5. The molecule has 0 aliphatic carbocycles. The number of carbonyl (C=O) groups is 1. The number of para-hydroxylation sites is 2. The second-order valence-corrected chi connectivity index (χ2v) is 6.61. The molecule has 5 nitrogen and oxygen atoms in total. The number of benzene rings is 3. The van der Waals surface area contributed by atoms with Crippen LogP contribution in [0.5, 0.6) is 0 Å². The van der Waals surface area contributed by atoms with Crippen LogP contribution in [0.2, 0.25) is 0 Å². The quantitative estimate of drug-likeness (QED) is 0.544. The largest absolute Gasteiger partial charge is 0.380 e. The molecule has 1 aromatic heterocycles. The Kier molecular flexibility index (Phi) is 5.17. The van der Waals surface area contributed by atoms with E-state index < -0.39 is 0 Å². The summed E-state index contributed by atoms with van der Waals surface area (Å²) in [6.07, 6.45) is 1.84. The van der Waals surface area contributed by atoms with E-state index in [-0.39, 0.29) is 5.91 Å². The second-order valence-electron chi connectivity index (χ2n) is 6.61. The Morgan fingerprint density at radius 1 is 1.04 bits per heavy atom. The summed E-state index contributed by atoms with van der Waals surface area (Å²) >= 11 is 0. The zero-order valence-corrected chi connectivity index (χ0v) is 15.6. The maximum absolute atomic E-state index is 12.7. The molecule has 0 fully saturated rings. The van der Waals surface area contributed by atoms with Crippen molar-refractivity contribution in [2.75, 3.05) is 12.4 Å². The van der Waals surface area contributed by atoms with Crippen molar-refractivity contribution in [1.29, 1.82) is 0 Å². The molecular weight excluding hydrogens is 350 g/mol. The number of amides is 1. The third-order valence-corrected chi connectivity index (χ3v) is 4.63. The van der Waals surface area contributed by atoms with Crippen LogP contribution in [0, 0.1) is 0 Å². The molecule has 4 aromatic rings. The van der Waals surface area contributed by atoms with E-state index >= 15 is 0 Å². The van der Waals surface area contributed by atoms with Crippen molar-refractivity contribution >= 4 is 22.6 Å². The number of hydrogen-bond donors (Lipinski definition) is 1. The van der Waals surface area contributed by atoms with Crippen molar-refractivity contribution in [2.45, 2.75) is 13.2 Å². The molecule has 0 aliphatic rings. The summed E-state index contributed by atoms with van der Waals surface area (Å²) in [5, 5.41) is 2.99. The minimum Gasteiger partial charge on any atom is -0.380 e. The number of hydrogen-bond acceptors (Lipinski definition) is 3.